The summed E-state index contributed by atoms with van der Waals surface area (Å²) in [4.78, 5) is 0. The van der Waals surface area contributed by atoms with Crippen molar-refractivity contribution in [1.29, 1.82) is 0 Å². The van der Waals surface area contributed by atoms with Crippen LogP contribution in [-0.4, -0.2) is 6.18 Å². The first-order chi connectivity index (χ1) is 6.54. The van der Waals surface area contributed by atoms with Gasteiger partial charge in [0, 0.05) is 0 Å². The van der Waals surface area contributed by atoms with Gasteiger partial charge in [-0.2, -0.15) is 13.2 Å². The highest BCUT2D eigenvalue weighted by molar-refractivity contribution is 4.86. The molecule has 0 aromatic heterocycles. The summed E-state index contributed by atoms with van der Waals surface area (Å²) in [7, 11) is 0. The molecule has 1 saturated carbocycles. The van der Waals surface area contributed by atoms with Crippen molar-refractivity contribution in [3.05, 3.63) is 6.42 Å². The lowest BCUT2D eigenvalue weighted by Gasteiger charge is -2.25. The van der Waals surface area contributed by atoms with E-state index in [2.05, 4.69) is 6.92 Å². The average molecular weight is 207 g/mol. The number of unbranched alkanes of at least 4 members (excludes halogenated alkanes) is 1. The van der Waals surface area contributed by atoms with Crippen molar-refractivity contribution < 1.29 is 13.2 Å². The van der Waals surface area contributed by atoms with Gasteiger partial charge in [-0.15, -0.1) is 0 Å². The smallest absolute Gasteiger partial charge is 0.171 e. The van der Waals surface area contributed by atoms with Crippen LogP contribution in [0.15, 0.2) is 0 Å². The summed E-state index contributed by atoms with van der Waals surface area (Å²) in [5.74, 6) is -0.798. The standard InChI is InChI=1S/C11H18F3/c1-2-3-5-9-6-4-7-10(8-9)11(12,13)14/h4,9-10H,2-3,5-8H2,1H3/q+1. The van der Waals surface area contributed by atoms with Crippen LogP contribution in [0.3, 0.4) is 0 Å². The fraction of sp³-hybridized carbons (Fsp3) is 0.909. The SMILES string of the molecule is CCCCC1C[CH+]CC(C(F)(F)F)C1. The van der Waals surface area contributed by atoms with Crippen LogP contribution in [0.5, 0.6) is 0 Å². The predicted octanol–water partition coefficient (Wildman–Crippen LogP) is 4.36. The molecular formula is C11H18F3+. The zero-order valence-electron chi connectivity index (χ0n) is 8.61. The van der Waals surface area contributed by atoms with E-state index in [-0.39, 0.29) is 12.3 Å². The molecule has 0 aromatic rings. The lowest BCUT2D eigenvalue weighted by Crippen LogP contribution is -2.29. The Kier molecular flexibility index (Phi) is 4.14. The third-order valence-electron chi connectivity index (χ3n) is 3.00. The Hall–Kier alpha value is -0.340. The molecule has 0 heterocycles. The molecular weight excluding hydrogens is 189 g/mol. The molecule has 0 amide bonds. The second-order valence-corrected chi connectivity index (χ2v) is 4.24. The Morgan fingerprint density at radius 3 is 2.57 bits per heavy atom. The number of halogens is 3. The summed E-state index contributed by atoms with van der Waals surface area (Å²) in [5, 5.41) is 0. The van der Waals surface area contributed by atoms with Gasteiger partial charge in [-0.05, 0) is 18.8 Å². The van der Waals surface area contributed by atoms with Crippen LogP contribution in [0.2, 0.25) is 0 Å². The Morgan fingerprint density at radius 2 is 2.00 bits per heavy atom. The molecule has 0 aliphatic heterocycles. The molecule has 0 N–H and O–H groups in total. The summed E-state index contributed by atoms with van der Waals surface area (Å²) in [6.45, 7) is 2.08. The molecule has 0 radical (unpaired) electrons. The largest absolute Gasteiger partial charge is 0.395 e. The highest BCUT2D eigenvalue weighted by Crippen LogP contribution is 2.40. The van der Waals surface area contributed by atoms with Gasteiger partial charge in [-0.1, -0.05) is 19.8 Å². The maximum Gasteiger partial charge on any atom is 0.395 e. The summed E-state index contributed by atoms with van der Waals surface area (Å²) < 4.78 is 37.3. The van der Waals surface area contributed by atoms with Gasteiger partial charge in [-0.3, -0.25) is 0 Å². The molecule has 0 nitrogen and oxygen atoms in total. The Morgan fingerprint density at radius 1 is 1.29 bits per heavy atom. The van der Waals surface area contributed by atoms with Crippen LogP contribution in [0.25, 0.3) is 0 Å². The number of alkyl halides is 3. The topological polar surface area (TPSA) is 0 Å². The third-order valence-corrected chi connectivity index (χ3v) is 3.00. The summed E-state index contributed by atoms with van der Waals surface area (Å²) in [5.41, 5.74) is 0. The molecule has 3 heteroatoms. The third kappa shape index (κ3) is 3.43. The van der Waals surface area contributed by atoms with Crippen molar-refractivity contribution >= 4 is 0 Å². The molecule has 2 unspecified atom stereocenters. The lowest BCUT2D eigenvalue weighted by atomic mass is 9.79. The fourth-order valence-corrected chi connectivity index (χ4v) is 2.12. The van der Waals surface area contributed by atoms with Crippen molar-refractivity contribution in [2.75, 3.05) is 0 Å². The highest BCUT2D eigenvalue weighted by Gasteiger charge is 2.45. The maximum absolute atomic E-state index is 12.4. The molecule has 0 spiro atoms. The van der Waals surface area contributed by atoms with Gasteiger partial charge in [-0.25, -0.2) is 0 Å². The molecule has 0 bridgehead atoms. The van der Waals surface area contributed by atoms with E-state index >= 15 is 0 Å². The van der Waals surface area contributed by atoms with Gasteiger partial charge in [0.05, 0.1) is 25.2 Å². The van der Waals surface area contributed by atoms with Gasteiger partial charge in [0.15, 0.2) is 0 Å². The van der Waals surface area contributed by atoms with Crippen molar-refractivity contribution in [2.24, 2.45) is 11.8 Å². The van der Waals surface area contributed by atoms with Crippen LogP contribution < -0.4 is 0 Å². The van der Waals surface area contributed by atoms with Gasteiger partial charge >= 0.3 is 6.18 Å². The molecule has 1 fully saturated rings. The first kappa shape index (κ1) is 11.7. The van der Waals surface area contributed by atoms with E-state index in [9.17, 15) is 13.2 Å². The van der Waals surface area contributed by atoms with Gasteiger partial charge in [0.1, 0.15) is 0 Å². The van der Waals surface area contributed by atoms with Crippen molar-refractivity contribution in [3.63, 3.8) is 0 Å². The first-order valence-electron chi connectivity index (χ1n) is 5.42. The van der Waals surface area contributed by atoms with E-state index in [0.717, 1.165) is 25.7 Å². The molecule has 2 atom stereocenters. The van der Waals surface area contributed by atoms with Crippen molar-refractivity contribution in [2.45, 2.75) is 51.6 Å². The summed E-state index contributed by atoms with van der Waals surface area (Å²) >= 11 is 0. The second-order valence-electron chi connectivity index (χ2n) is 4.24. The van der Waals surface area contributed by atoms with Crippen LogP contribution in [-0.2, 0) is 0 Å². The zero-order chi connectivity index (χ0) is 10.6. The predicted molar refractivity (Wildman–Crippen MR) is 50.7 cm³/mol. The van der Waals surface area contributed by atoms with E-state index < -0.39 is 12.1 Å². The lowest BCUT2D eigenvalue weighted by molar-refractivity contribution is -0.182. The Labute approximate surface area is 83.9 Å². The van der Waals surface area contributed by atoms with Crippen LogP contribution in [0, 0.1) is 18.3 Å². The van der Waals surface area contributed by atoms with Crippen LogP contribution >= 0.6 is 0 Å². The van der Waals surface area contributed by atoms with E-state index in [1.54, 1.807) is 0 Å². The van der Waals surface area contributed by atoms with E-state index in [4.69, 9.17) is 0 Å². The van der Waals surface area contributed by atoms with Gasteiger partial charge < -0.3 is 0 Å². The molecule has 1 rings (SSSR count). The highest BCUT2D eigenvalue weighted by atomic mass is 19.4. The van der Waals surface area contributed by atoms with Crippen molar-refractivity contribution in [1.82, 2.24) is 0 Å². The maximum atomic E-state index is 12.4. The van der Waals surface area contributed by atoms with E-state index in [1.165, 1.54) is 0 Å². The number of rotatable bonds is 3. The Balaban J connectivity index is 2.36. The quantitative estimate of drug-likeness (QED) is 0.603. The van der Waals surface area contributed by atoms with Crippen LogP contribution in [0.4, 0.5) is 13.2 Å². The normalized spacial score (nSPS) is 28.6. The first-order valence-corrected chi connectivity index (χ1v) is 5.42. The van der Waals surface area contributed by atoms with Gasteiger partial charge in [0.25, 0.3) is 0 Å². The zero-order valence-corrected chi connectivity index (χ0v) is 8.61. The number of hydrogen-bond donors (Lipinski definition) is 0. The summed E-state index contributed by atoms with van der Waals surface area (Å²) in [6, 6.07) is 0. The minimum atomic E-state index is -3.98. The molecule has 0 aromatic carbocycles. The average Bonchev–Trinajstić information content (AvgIpc) is 2.14. The van der Waals surface area contributed by atoms with E-state index in [0.29, 0.717) is 6.42 Å². The van der Waals surface area contributed by atoms with E-state index in [1.807, 2.05) is 6.42 Å². The molecule has 1 aliphatic rings. The summed E-state index contributed by atoms with van der Waals surface area (Å²) in [6.07, 6.45) is 2.39. The monoisotopic (exact) mass is 207 g/mol. The fourth-order valence-electron chi connectivity index (χ4n) is 2.12. The minimum absolute atomic E-state index is 0.228. The van der Waals surface area contributed by atoms with Gasteiger partial charge in [0.2, 0.25) is 0 Å². The molecule has 1 aliphatic carbocycles. The molecule has 0 saturated heterocycles. The minimum Gasteiger partial charge on any atom is -0.171 e. The molecule has 14 heavy (non-hydrogen) atoms. The Bertz CT molecular complexity index is 162. The van der Waals surface area contributed by atoms with Crippen molar-refractivity contribution in [3.8, 4) is 0 Å². The second kappa shape index (κ2) is 4.94. The number of hydrogen-bond acceptors (Lipinski definition) is 0. The van der Waals surface area contributed by atoms with Crippen LogP contribution in [0.1, 0.15) is 45.4 Å². The molecule has 82 valence electrons.